The smallest absolute Gasteiger partial charge is 0.0667 e. The van der Waals surface area contributed by atoms with E-state index in [4.69, 9.17) is 0 Å². The molecule has 1 saturated heterocycles. The van der Waals surface area contributed by atoms with Crippen molar-refractivity contribution in [3.8, 4) is 0 Å². The standard InChI is InChI=1S/C18H22N2/c1-14-7-6-10-17(11-14)20-13-15(2)19-12-18(20)16-8-4-3-5-9-16/h3-11,15,18-19H,12-13H2,1-2H3. The summed E-state index contributed by atoms with van der Waals surface area (Å²) < 4.78 is 0. The second-order valence-corrected chi connectivity index (χ2v) is 5.73. The van der Waals surface area contributed by atoms with E-state index in [0.29, 0.717) is 12.1 Å². The fraction of sp³-hybridized carbons (Fsp3) is 0.333. The molecule has 0 bridgehead atoms. The Labute approximate surface area is 121 Å². The number of aryl methyl sites for hydroxylation is 1. The molecule has 1 heterocycles. The number of piperazine rings is 1. The molecular weight excluding hydrogens is 244 g/mol. The van der Waals surface area contributed by atoms with Gasteiger partial charge in [-0.05, 0) is 37.1 Å². The number of rotatable bonds is 2. The fourth-order valence-corrected chi connectivity index (χ4v) is 2.97. The Morgan fingerprint density at radius 1 is 1.05 bits per heavy atom. The van der Waals surface area contributed by atoms with Gasteiger partial charge in [0.05, 0.1) is 6.04 Å². The van der Waals surface area contributed by atoms with Crippen molar-refractivity contribution in [2.45, 2.75) is 25.9 Å². The topological polar surface area (TPSA) is 15.3 Å². The highest BCUT2D eigenvalue weighted by Crippen LogP contribution is 2.29. The molecule has 104 valence electrons. The Hall–Kier alpha value is -1.80. The van der Waals surface area contributed by atoms with Crippen LogP contribution in [0.1, 0.15) is 24.1 Å². The first kappa shape index (κ1) is 13.2. The highest BCUT2D eigenvalue weighted by atomic mass is 15.2. The molecule has 0 aromatic heterocycles. The Bertz CT molecular complexity index is 565. The van der Waals surface area contributed by atoms with E-state index in [1.807, 2.05) is 0 Å². The quantitative estimate of drug-likeness (QED) is 0.894. The maximum Gasteiger partial charge on any atom is 0.0667 e. The van der Waals surface area contributed by atoms with Crippen LogP contribution in [-0.4, -0.2) is 19.1 Å². The number of nitrogens with one attached hydrogen (secondary N) is 1. The molecule has 2 unspecified atom stereocenters. The summed E-state index contributed by atoms with van der Waals surface area (Å²) in [6.45, 7) is 6.46. The lowest BCUT2D eigenvalue weighted by molar-refractivity contribution is 0.416. The minimum atomic E-state index is 0.411. The van der Waals surface area contributed by atoms with Crippen molar-refractivity contribution < 1.29 is 0 Å². The summed E-state index contributed by atoms with van der Waals surface area (Å²) in [7, 11) is 0. The number of nitrogens with zero attached hydrogens (tertiary/aromatic N) is 1. The van der Waals surface area contributed by atoms with Crippen molar-refractivity contribution in [1.82, 2.24) is 5.32 Å². The molecule has 0 amide bonds. The van der Waals surface area contributed by atoms with E-state index in [9.17, 15) is 0 Å². The molecule has 0 aliphatic carbocycles. The SMILES string of the molecule is Cc1cccc(N2CC(C)NCC2c2ccccc2)c1. The van der Waals surface area contributed by atoms with Crippen LogP contribution in [-0.2, 0) is 0 Å². The average Bonchev–Trinajstić information content (AvgIpc) is 2.48. The molecule has 2 nitrogen and oxygen atoms in total. The molecule has 20 heavy (non-hydrogen) atoms. The van der Waals surface area contributed by atoms with Crippen LogP contribution >= 0.6 is 0 Å². The zero-order valence-corrected chi connectivity index (χ0v) is 12.2. The van der Waals surface area contributed by atoms with Crippen LogP contribution < -0.4 is 10.2 Å². The molecule has 0 spiro atoms. The van der Waals surface area contributed by atoms with Gasteiger partial charge in [-0.3, -0.25) is 0 Å². The third-order valence-corrected chi connectivity index (χ3v) is 4.02. The molecule has 1 aliphatic heterocycles. The largest absolute Gasteiger partial charge is 0.362 e. The zero-order valence-electron chi connectivity index (χ0n) is 12.2. The molecule has 1 aliphatic rings. The summed E-state index contributed by atoms with van der Waals surface area (Å²) in [5, 5.41) is 3.60. The lowest BCUT2D eigenvalue weighted by Gasteiger charge is -2.41. The number of hydrogen-bond donors (Lipinski definition) is 1. The number of hydrogen-bond acceptors (Lipinski definition) is 2. The zero-order chi connectivity index (χ0) is 13.9. The van der Waals surface area contributed by atoms with E-state index >= 15 is 0 Å². The Morgan fingerprint density at radius 3 is 2.60 bits per heavy atom. The van der Waals surface area contributed by atoms with Gasteiger partial charge in [-0.1, -0.05) is 42.5 Å². The molecule has 1 N–H and O–H groups in total. The van der Waals surface area contributed by atoms with Crippen molar-refractivity contribution >= 4 is 5.69 Å². The molecule has 3 rings (SSSR count). The third-order valence-electron chi connectivity index (χ3n) is 4.02. The first-order valence-electron chi connectivity index (χ1n) is 7.35. The van der Waals surface area contributed by atoms with Gasteiger partial charge < -0.3 is 10.2 Å². The molecule has 2 atom stereocenters. The monoisotopic (exact) mass is 266 g/mol. The van der Waals surface area contributed by atoms with Crippen LogP contribution in [0.2, 0.25) is 0 Å². The molecular formula is C18H22N2. The van der Waals surface area contributed by atoms with E-state index in [1.54, 1.807) is 0 Å². The molecule has 2 heteroatoms. The third kappa shape index (κ3) is 2.70. The van der Waals surface area contributed by atoms with Gasteiger partial charge in [-0.25, -0.2) is 0 Å². The lowest BCUT2D eigenvalue weighted by Crippen LogP contribution is -2.51. The minimum absolute atomic E-state index is 0.411. The summed E-state index contributed by atoms with van der Waals surface area (Å²) >= 11 is 0. The van der Waals surface area contributed by atoms with Crippen LogP contribution in [0.4, 0.5) is 5.69 Å². The molecule has 0 saturated carbocycles. The predicted octanol–water partition coefficient (Wildman–Crippen LogP) is 3.53. The van der Waals surface area contributed by atoms with Gasteiger partial charge >= 0.3 is 0 Å². The summed E-state index contributed by atoms with van der Waals surface area (Å²) in [6, 6.07) is 20.5. The van der Waals surface area contributed by atoms with Gasteiger partial charge in [0.15, 0.2) is 0 Å². The molecule has 0 radical (unpaired) electrons. The number of benzene rings is 2. The first-order chi connectivity index (χ1) is 9.74. The van der Waals surface area contributed by atoms with Crippen molar-refractivity contribution in [1.29, 1.82) is 0 Å². The van der Waals surface area contributed by atoms with Crippen molar-refractivity contribution in [3.05, 3.63) is 65.7 Å². The maximum absolute atomic E-state index is 3.60. The van der Waals surface area contributed by atoms with Gasteiger partial charge in [0, 0.05) is 24.8 Å². The van der Waals surface area contributed by atoms with Crippen molar-refractivity contribution in [2.24, 2.45) is 0 Å². The van der Waals surface area contributed by atoms with Crippen molar-refractivity contribution in [2.75, 3.05) is 18.0 Å². The van der Waals surface area contributed by atoms with E-state index in [1.165, 1.54) is 16.8 Å². The van der Waals surface area contributed by atoms with E-state index in [0.717, 1.165) is 13.1 Å². The summed E-state index contributed by atoms with van der Waals surface area (Å²) in [5.41, 5.74) is 4.03. The van der Waals surface area contributed by atoms with Crippen LogP contribution in [0.25, 0.3) is 0 Å². The molecule has 2 aromatic carbocycles. The van der Waals surface area contributed by atoms with E-state index < -0.39 is 0 Å². The lowest BCUT2D eigenvalue weighted by atomic mass is 10.00. The molecule has 2 aromatic rings. The van der Waals surface area contributed by atoms with E-state index in [-0.39, 0.29) is 0 Å². The average molecular weight is 266 g/mol. The number of anilines is 1. The minimum Gasteiger partial charge on any atom is -0.362 e. The van der Waals surface area contributed by atoms with E-state index in [2.05, 4.69) is 78.7 Å². The maximum atomic E-state index is 3.60. The highest BCUT2D eigenvalue weighted by Gasteiger charge is 2.27. The second kappa shape index (κ2) is 5.68. The van der Waals surface area contributed by atoms with Crippen LogP contribution in [0, 0.1) is 6.92 Å². The highest BCUT2D eigenvalue weighted by molar-refractivity contribution is 5.51. The van der Waals surface area contributed by atoms with Crippen molar-refractivity contribution in [3.63, 3.8) is 0 Å². The second-order valence-electron chi connectivity index (χ2n) is 5.73. The Morgan fingerprint density at radius 2 is 1.85 bits per heavy atom. The van der Waals surface area contributed by atoms with Gasteiger partial charge in [0.1, 0.15) is 0 Å². The first-order valence-corrected chi connectivity index (χ1v) is 7.35. The predicted molar refractivity (Wildman–Crippen MR) is 85.2 cm³/mol. The van der Waals surface area contributed by atoms with Gasteiger partial charge in [0.25, 0.3) is 0 Å². The Balaban J connectivity index is 1.95. The molecule has 1 fully saturated rings. The summed E-state index contributed by atoms with van der Waals surface area (Å²) in [6.07, 6.45) is 0. The van der Waals surface area contributed by atoms with Crippen LogP contribution in [0.3, 0.4) is 0 Å². The normalized spacial score (nSPS) is 22.8. The van der Waals surface area contributed by atoms with Gasteiger partial charge in [-0.2, -0.15) is 0 Å². The van der Waals surface area contributed by atoms with Crippen LogP contribution in [0.5, 0.6) is 0 Å². The summed E-state index contributed by atoms with van der Waals surface area (Å²) in [5.74, 6) is 0. The van der Waals surface area contributed by atoms with Crippen LogP contribution in [0.15, 0.2) is 54.6 Å². The Kier molecular flexibility index (Phi) is 3.75. The fourth-order valence-electron chi connectivity index (χ4n) is 2.97. The van der Waals surface area contributed by atoms with Gasteiger partial charge in [0.2, 0.25) is 0 Å². The summed E-state index contributed by atoms with van der Waals surface area (Å²) in [4.78, 5) is 2.53. The van der Waals surface area contributed by atoms with Gasteiger partial charge in [-0.15, -0.1) is 0 Å².